The Hall–Kier alpha value is -3.57. The summed E-state index contributed by atoms with van der Waals surface area (Å²) in [6, 6.07) is 20.6. The van der Waals surface area contributed by atoms with Gasteiger partial charge in [0.05, 0.1) is 12.2 Å². The van der Waals surface area contributed by atoms with Gasteiger partial charge in [-0.05, 0) is 74.7 Å². The van der Waals surface area contributed by atoms with E-state index in [0.717, 1.165) is 46.4 Å². The first kappa shape index (κ1) is 23.2. The summed E-state index contributed by atoms with van der Waals surface area (Å²) < 4.78 is 11.7. The number of hydrogen-bond acceptors (Lipinski definition) is 5. The molecule has 35 heavy (non-hydrogen) atoms. The van der Waals surface area contributed by atoms with Crippen LogP contribution in [0.5, 0.6) is 11.5 Å². The molecule has 1 aliphatic heterocycles. The summed E-state index contributed by atoms with van der Waals surface area (Å²) in [5.41, 5.74) is 3.98. The quantitative estimate of drug-likeness (QED) is 0.251. The minimum absolute atomic E-state index is 0.0560. The SMILES string of the molecule is Cc1ccc(-c2c(-c3cccc(OCCCN4CCCCC4)c3)c3ccc(O)cc3oc2=O)cc1. The monoisotopic (exact) mass is 469 g/mol. The van der Waals surface area contributed by atoms with E-state index in [-0.39, 0.29) is 5.75 Å². The van der Waals surface area contributed by atoms with E-state index in [1.165, 1.54) is 38.4 Å². The highest BCUT2D eigenvalue weighted by molar-refractivity contribution is 6.01. The molecule has 0 amide bonds. The van der Waals surface area contributed by atoms with Gasteiger partial charge in [0.1, 0.15) is 17.1 Å². The summed E-state index contributed by atoms with van der Waals surface area (Å²) in [5, 5.41) is 10.7. The standard InChI is InChI=1S/C30H31NO4/c1-21-9-11-22(12-10-21)29-28(26-14-13-24(32)20-27(26)35-30(29)33)23-7-5-8-25(19-23)34-18-6-17-31-15-3-2-4-16-31/h5,7-14,19-20,32H,2-4,6,15-18H2,1H3. The lowest BCUT2D eigenvalue weighted by Gasteiger charge is -2.26. The smallest absolute Gasteiger partial charge is 0.344 e. The van der Waals surface area contributed by atoms with Crippen LogP contribution in [-0.4, -0.2) is 36.2 Å². The predicted molar refractivity (Wildman–Crippen MR) is 140 cm³/mol. The first-order chi connectivity index (χ1) is 17.1. The maximum absolute atomic E-state index is 13.2. The van der Waals surface area contributed by atoms with E-state index in [4.69, 9.17) is 9.15 Å². The van der Waals surface area contributed by atoms with Crippen molar-refractivity contribution in [2.75, 3.05) is 26.2 Å². The van der Waals surface area contributed by atoms with E-state index in [2.05, 4.69) is 4.90 Å². The zero-order valence-corrected chi connectivity index (χ0v) is 20.1. The van der Waals surface area contributed by atoms with E-state index in [9.17, 15) is 9.90 Å². The number of ether oxygens (including phenoxy) is 1. The normalized spacial score (nSPS) is 14.3. The molecule has 180 valence electrons. The highest BCUT2D eigenvalue weighted by Crippen LogP contribution is 2.38. The molecule has 5 nitrogen and oxygen atoms in total. The summed E-state index contributed by atoms with van der Waals surface area (Å²) in [6.45, 7) is 6.11. The molecule has 1 fully saturated rings. The van der Waals surface area contributed by atoms with Gasteiger partial charge in [0.2, 0.25) is 0 Å². The lowest BCUT2D eigenvalue weighted by atomic mass is 9.92. The van der Waals surface area contributed by atoms with Crippen molar-refractivity contribution in [1.29, 1.82) is 0 Å². The topological polar surface area (TPSA) is 62.9 Å². The van der Waals surface area contributed by atoms with Gasteiger partial charge in [-0.1, -0.05) is 48.4 Å². The highest BCUT2D eigenvalue weighted by atomic mass is 16.5. The Labute approximate surface area is 205 Å². The van der Waals surface area contributed by atoms with Crippen LogP contribution in [0, 0.1) is 6.92 Å². The summed E-state index contributed by atoms with van der Waals surface area (Å²) in [5.74, 6) is 0.830. The van der Waals surface area contributed by atoms with E-state index >= 15 is 0 Å². The van der Waals surface area contributed by atoms with Crippen LogP contribution in [0.15, 0.2) is 75.9 Å². The predicted octanol–water partition coefficient (Wildman–Crippen LogP) is 6.40. The van der Waals surface area contributed by atoms with Crippen molar-refractivity contribution >= 4 is 11.0 Å². The fourth-order valence-corrected chi connectivity index (χ4v) is 4.87. The van der Waals surface area contributed by atoms with Gasteiger partial charge >= 0.3 is 5.63 Å². The molecule has 1 saturated heterocycles. The molecule has 5 heteroatoms. The number of rotatable bonds is 7. The fourth-order valence-electron chi connectivity index (χ4n) is 4.87. The first-order valence-electron chi connectivity index (χ1n) is 12.4. The molecular formula is C30H31NO4. The van der Waals surface area contributed by atoms with Crippen molar-refractivity contribution in [2.24, 2.45) is 0 Å². The maximum Gasteiger partial charge on any atom is 0.344 e. The number of aryl methyl sites for hydroxylation is 1. The molecule has 0 aliphatic carbocycles. The Morgan fingerprint density at radius 2 is 1.71 bits per heavy atom. The molecule has 1 N–H and O–H groups in total. The van der Waals surface area contributed by atoms with Crippen LogP contribution in [0.1, 0.15) is 31.2 Å². The second kappa shape index (κ2) is 10.4. The van der Waals surface area contributed by atoms with Crippen molar-refractivity contribution in [2.45, 2.75) is 32.6 Å². The van der Waals surface area contributed by atoms with Crippen molar-refractivity contribution < 1.29 is 14.3 Å². The number of phenolic OH excluding ortho intramolecular Hbond substituents is 1. The summed E-state index contributed by atoms with van der Waals surface area (Å²) >= 11 is 0. The van der Waals surface area contributed by atoms with Gasteiger partial charge in [0.25, 0.3) is 0 Å². The van der Waals surface area contributed by atoms with Crippen LogP contribution in [0.3, 0.4) is 0 Å². The molecule has 4 aromatic rings. The third-order valence-corrected chi connectivity index (χ3v) is 6.69. The number of benzene rings is 3. The molecular weight excluding hydrogens is 438 g/mol. The number of aromatic hydroxyl groups is 1. The van der Waals surface area contributed by atoms with E-state index in [1.807, 2.05) is 55.5 Å². The van der Waals surface area contributed by atoms with Crippen LogP contribution in [0.4, 0.5) is 0 Å². The second-order valence-electron chi connectivity index (χ2n) is 9.32. The third kappa shape index (κ3) is 5.25. The molecule has 0 saturated carbocycles. The summed E-state index contributed by atoms with van der Waals surface area (Å²) in [6.07, 6.45) is 4.92. The van der Waals surface area contributed by atoms with Gasteiger partial charge in [0, 0.05) is 23.6 Å². The van der Waals surface area contributed by atoms with Gasteiger partial charge in [-0.25, -0.2) is 4.79 Å². The highest BCUT2D eigenvalue weighted by Gasteiger charge is 2.19. The number of piperidine rings is 1. The average molecular weight is 470 g/mol. The molecule has 5 rings (SSSR count). The second-order valence-corrected chi connectivity index (χ2v) is 9.32. The van der Waals surface area contributed by atoms with Crippen LogP contribution >= 0.6 is 0 Å². The van der Waals surface area contributed by atoms with Crippen LogP contribution in [0.2, 0.25) is 0 Å². The van der Waals surface area contributed by atoms with Crippen LogP contribution in [0.25, 0.3) is 33.2 Å². The molecule has 0 atom stereocenters. The molecule has 2 heterocycles. The number of nitrogens with zero attached hydrogens (tertiary/aromatic N) is 1. The summed E-state index contributed by atoms with van der Waals surface area (Å²) in [7, 11) is 0. The minimum atomic E-state index is -0.435. The molecule has 0 radical (unpaired) electrons. The zero-order chi connectivity index (χ0) is 24.2. The van der Waals surface area contributed by atoms with Crippen molar-refractivity contribution in [3.05, 3.63) is 82.7 Å². The van der Waals surface area contributed by atoms with Gasteiger partial charge in [-0.15, -0.1) is 0 Å². The molecule has 3 aromatic carbocycles. The largest absolute Gasteiger partial charge is 0.508 e. The Balaban J connectivity index is 1.49. The van der Waals surface area contributed by atoms with E-state index in [1.54, 1.807) is 12.1 Å². The number of hydrogen-bond donors (Lipinski definition) is 1. The van der Waals surface area contributed by atoms with Crippen molar-refractivity contribution in [3.8, 4) is 33.8 Å². The van der Waals surface area contributed by atoms with Gasteiger partial charge in [0.15, 0.2) is 0 Å². The molecule has 0 unspecified atom stereocenters. The summed E-state index contributed by atoms with van der Waals surface area (Å²) in [4.78, 5) is 15.7. The number of fused-ring (bicyclic) bond motifs is 1. The number of likely N-dealkylation sites (tertiary alicyclic amines) is 1. The Kier molecular flexibility index (Phi) is 6.87. The maximum atomic E-state index is 13.2. The Morgan fingerprint density at radius 1 is 0.914 bits per heavy atom. The first-order valence-corrected chi connectivity index (χ1v) is 12.4. The zero-order valence-electron chi connectivity index (χ0n) is 20.1. The van der Waals surface area contributed by atoms with E-state index in [0.29, 0.717) is 17.8 Å². The lowest BCUT2D eigenvalue weighted by molar-refractivity contribution is 0.205. The molecule has 1 aliphatic rings. The van der Waals surface area contributed by atoms with Crippen LogP contribution < -0.4 is 10.4 Å². The average Bonchev–Trinajstić information content (AvgIpc) is 2.87. The lowest BCUT2D eigenvalue weighted by Crippen LogP contribution is -2.31. The number of phenols is 1. The van der Waals surface area contributed by atoms with Crippen molar-refractivity contribution in [3.63, 3.8) is 0 Å². The van der Waals surface area contributed by atoms with E-state index < -0.39 is 5.63 Å². The van der Waals surface area contributed by atoms with Crippen LogP contribution in [-0.2, 0) is 0 Å². The van der Waals surface area contributed by atoms with Gasteiger partial charge in [-0.2, -0.15) is 0 Å². The Morgan fingerprint density at radius 3 is 2.51 bits per heavy atom. The van der Waals surface area contributed by atoms with Crippen molar-refractivity contribution in [1.82, 2.24) is 4.90 Å². The van der Waals surface area contributed by atoms with Gasteiger partial charge in [-0.3, -0.25) is 0 Å². The third-order valence-electron chi connectivity index (χ3n) is 6.69. The molecule has 1 aromatic heterocycles. The molecule has 0 bridgehead atoms. The van der Waals surface area contributed by atoms with Gasteiger partial charge < -0.3 is 19.2 Å². The minimum Gasteiger partial charge on any atom is -0.508 e. The Bertz CT molecular complexity index is 1370. The molecule has 0 spiro atoms. The fraction of sp³-hybridized carbons (Fsp3) is 0.300.